The van der Waals surface area contributed by atoms with Gasteiger partial charge in [0.1, 0.15) is 0 Å². The van der Waals surface area contributed by atoms with E-state index in [0.29, 0.717) is 19.8 Å². The van der Waals surface area contributed by atoms with E-state index in [0.717, 1.165) is 13.0 Å². The van der Waals surface area contributed by atoms with Crippen molar-refractivity contribution < 1.29 is 9.84 Å². The van der Waals surface area contributed by atoms with E-state index in [4.69, 9.17) is 4.74 Å². The van der Waals surface area contributed by atoms with Crippen molar-refractivity contribution in [3.63, 3.8) is 0 Å². The maximum atomic E-state index is 9.60. The molecule has 1 unspecified atom stereocenters. The molecule has 0 saturated heterocycles. The van der Waals surface area contributed by atoms with Crippen LogP contribution in [0.2, 0.25) is 0 Å². The molecule has 1 aromatic carbocycles. The number of aryl methyl sites for hydroxylation is 1. The van der Waals surface area contributed by atoms with Crippen LogP contribution in [0.25, 0.3) is 0 Å². The molecule has 3 heteroatoms. The summed E-state index contributed by atoms with van der Waals surface area (Å²) in [6.45, 7) is 6.50. The van der Waals surface area contributed by atoms with Crippen LogP contribution in [0, 0.1) is 0 Å². The van der Waals surface area contributed by atoms with Gasteiger partial charge in [-0.25, -0.2) is 0 Å². The smallest absolute Gasteiger partial charge is 0.0897 e. The van der Waals surface area contributed by atoms with Crippen molar-refractivity contribution in [2.45, 2.75) is 32.9 Å². The Kier molecular flexibility index (Phi) is 6.86. The van der Waals surface area contributed by atoms with Crippen LogP contribution >= 0.6 is 0 Å². The Morgan fingerprint density at radius 1 is 1.24 bits per heavy atom. The van der Waals surface area contributed by atoms with Crippen molar-refractivity contribution in [1.29, 1.82) is 0 Å². The molecule has 1 rings (SSSR count). The summed E-state index contributed by atoms with van der Waals surface area (Å²) < 4.78 is 5.15. The summed E-state index contributed by atoms with van der Waals surface area (Å²) in [6.07, 6.45) is 0.614. The Hall–Kier alpha value is -0.900. The van der Waals surface area contributed by atoms with Crippen LogP contribution in [0.5, 0.6) is 0 Å². The molecule has 96 valence electrons. The predicted octanol–water partition coefficient (Wildman–Crippen LogP) is 1.74. The fraction of sp³-hybridized carbons (Fsp3) is 0.571. The molecule has 17 heavy (non-hydrogen) atoms. The maximum absolute atomic E-state index is 9.60. The summed E-state index contributed by atoms with van der Waals surface area (Å²) in [4.78, 5) is 0. The minimum Gasteiger partial charge on any atom is -0.389 e. The number of hydrogen-bond acceptors (Lipinski definition) is 3. The van der Waals surface area contributed by atoms with Crippen LogP contribution in [0.15, 0.2) is 24.3 Å². The molecule has 1 atom stereocenters. The number of hydrogen-bond donors (Lipinski definition) is 2. The summed E-state index contributed by atoms with van der Waals surface area (Å²) in [6, 6.07) is 8.38. The van der Waals surface area contributed by atoms with Gasteiger partial charge in [-0.3, -0.25) is 0 Å². The Morgan fingerprint density at radius 2 is 1.94 bits per heavy atom. The molecule has 0 aliphatic carbocycles. The Labute approximate surface area is 104 Å². The van der Waals surface area contributed by atoms with Crippen LogP contribution in [0.1, 0.15) is 25.0 Å². The number of rotatable bonds is 8. The summed E-state index contributed by atoms with van der Waals surface area (Å²) in [5.41, 5.74) is 2.66. The van der Waals surface area contributed by atoms with Crippen molar-refractivity contribution in [2.75, 3.05) is 19.8 Å². The highest BCUT2D eigenvalue weighted by Crippen LogP contribution is 2.08. The second kappa shape index (κ2) is 8.23. The molecule has 0 heterocycles. The van der Waals surface area contributed by atoms with Gasteiger partial charge < -0.3 is 15.2 Å². The van der Waals surface area contributed by atoms with Crippen molar-refractivity contribution >= 4 is 0 Å². The van der Waals surface area contributed by atoms with E-state index in [1.165, 1.54) is 11.1 Å². The lowest BCUT2D eigenvalue weighted by molar-refractivity contribution is 0.0427. The van der Waals surface area contributed by atoms with Gasteiger partial charge in [-0.2, -0.15) is 0 Å². The quantitative estimate of drug-likeness (QED) is 0.723. The number of aliphatic hydroxyl groups is 1. The SMILES string of the molecule is CCOCC(O)CNCc1ccccc1CC. The third-order valence-electron chi connectivity index (χ3n) is 2.71. The fourth-order valence-electron chi connectivity index (χ4n) is 1.76. The fourth-order valence-corrected chi connectivity index (χ4v) is 1.76. The topological polar surface area (TPSA) is 41.5 Å². The zero-order chi connectivity index (χ0) is 12.5. The highest BCUT2D eigenvalue weighted by atomic mass is 16.5. The summed E-state index contributed by atoms with van der Waals surface area (Å²) >= 11 is 0. The Balaban J connectivity index is 2.30. The van der Waals surface area contributed by atoms with E-state index in [9.17, 15) is 5.11 Å². The van der Waals surface area contributed by atoms with Crippen LogP contribution < -0.4 is 5.32 Å². The summed E-state index contributed by atoms with van der Waals surface area (Å²) in [7, 11) is 0. The van der Waals surface area contributed by atoms with Crippen LogP contribution in [-0.4, -0.2) is 31.0 Å². The van der Waals surface area contributed by atoms with Gasteiger partial charge in [0.05, 0.1) is 12.7 Å². The van der Waals surface area contributed by atoms with Gasteiger partial charge in [0.2, 0.25) is 0 Å². The number of aliphatic hydroxyl groups excluding tert-OH is 1. The van der Waals surface area contributed by atoms with Crippen LogP contribution in [0.4, 0.5) is 0 Å². The van der Waals surface area contributed by atoms with E-state index >= 15 is 0 Å². The molecular weight excluding hydrogens is 214 g/mol. The van der Waals surface area contributed by atoms with Crippen LogP contribution in [0.3, 0.4) is 0 Å². The van der Waals surface area contributed by atoms with E-state index < -0.39 is 6.10 Å². The Bertz CT molecular complexity index is 315. The van der Waals surface area contributed by atoms with Crippen molar-refractivity contribution in [3.05, 3.63) is 35.4 Å². The second-order valence-electron chi connectivity index (χ2n) is 4.07. The van der Waals surface area contributed by atoms with E-state index in [1.54, 1.807) is 0 Å². The zero-order valence-electron chi connectivity index (χ0n) is 10.8. The lowest BCUT2D eigenvalue weighted by Gasteiger charge is -2.13. The normalized spacial score (nSPS) is 12.6. The van der Waals surface area contributed by atoms with E-state index in [2.05, 4.69) is 30.4 Å². The molecule has 0 radical (unpaired) electrons. The minimum atomic E-state index is -0.427. The van der Waals surface area contributed by atoms with Crippen molar-refractivity contribution in [2.24, 2.45) is 0 Å². The van der Waals surface area contributed by atoms with Gasteiger partial charge in [-0.1, -0.05) is 31.2 Å². The number of benzene rings is 1. The molecule has 1 aromatic rings. The number of nitrogens with one attached hydrogen (secondary N) is 1. The molecular formula is C14H23NO2. The average molecular weight is 237 g/mol. The summed E-state index contributed by atoms with van der Waals surface area (Å²) in [5, 5.41) is 12.9. The Morgan fingerprint density at radius 3 is 2.59 bits per heavy atom. The van der Waals surface area contributed by atoms with Gasteiger partial charge >= 0.3 is 0 Å². The first-order valence-corrected chi connectivity index (χ1v) is 6.31. The highest BCUT2D eigenvalue weighted by Gasteiger charge is 2.04. The largest absolute Gasteiger partial charge is 0.389 e. The third kappa shape index (κ3) is 5.31. The predicted molar refractivity (Wildman–Crippen MR) is 70.0 cm³/mol. The lowest BCUT2D eigenvalue weighted by atomic mass is 10.1. The van der Waals surface area contributed by atoms with Crippen LogP contribution in [-0.2, 0) is 17.7 Å². The van der Waals surface area contributed by atoms with Gasteiger partial charge in [-0.05, 0) is 24.5 Å². The van der Waals surface area contributed by atoms with Gasteiger partial charge in [0.25, 0.3) is 0 Å². The van der Waals surface area contributed by atoms with Gasteiger partial charge in [0.15, 0.2) is 0 Å². The standard InChI is InChI=1S/C14H23NO2/c1-3-12-7-5-6-8-13(12)9-15-10-14(16)11-17-4-2/h5-8,14-16H,3-4,9-11H2,1-2H3. The van der Waals surface area contributed by atoms with E-state index in [-0.39, 0.29) is 0 Å². The zero-order valence-corrected chi connectivity index (χ0v) is 10.8. The monoisotopic (exact) mass is 237 g/mol. The van der Waals surface area contributed by atoms with Gasteiger partial charge in [0, 0.05) is 19.7 Å². The lowest BCUT2D eigenvalue weighted by Crippen LogP contribution is -2.30. The molecule has 2 N–H and O–H groups in total. The molecule has 0 spiro atoms. The molecule has 0 saturated carbocycles. The van der Waals surface area contributed by atoms with Crippen molar-refractivity contribution in [1.82, 2.24) is 5.32 Å². The first kappa shape index (κ1) is 14.2. The van der Waals surface area contributed by atoms with Crippen molar-refractivity contribution in [3.8, 4) is 0 Å². The molecule has 0 aromatic heterocycles. The molecule has 0 bridgehead atoms. The molecule has 0 amide bonds. The first-order chi connectivity index (χ1) is 8.27. The number of ether oxygens (including phenoxy) is 1. The van der Waals surface area contributed by atoms with E-state index in [1.807, 2.05) is 13.0 Å². The molecule has 0 aliphatic heterocycles. The molecule has 0 aliphatic rings. The first-order valence-electron chi connectivity index (χ1n) is 6.31. The average Bonchev–Trinajstić information content (AvgIpc) is 2.37. The summed E-state index contributed by atoms with van der Waals surface area (Å²) in [5.74, 6) is 0. The molecule has 0 fully saturated rings. The maximum Gasteiger partial charge on any atom is 0.0897 e. The molecule has 3 nitrogen and oxygen atoms in total. The third-order valence-corrected chi connectivity index (χ3v) is 2.71. The second-order valence-corrected chi connectivity index (χ2v) is 4.07. The minimum absolute atomic E-state index is 0.402. The highest BCUT2D eigenvalue weighted by molar-refractivity contribution is 5.26. The van der Waals surface area contributed by atoms with Gasteiger partial charge in [-0.15, -0.1) is 0 Å².